The van der Waals surface area contributed by atoms with Gasteiger partial charge in [0, 0.05) is 101 Å². The Hall–Kier alpha value is -3.50. The third kappa shape index (κ3) is 13.8. The van der Waals surface area contributed by atoms with Crippen molar-refractivity contribution >= 4 is 103 Å². The first-order valence-electron chi connectivity index (χ1n) is 22.8. The first kappa shape index (κ1) is 51.9. The van der Waals surface area contributed by atoms with Crippen molar-refractivity contribution in [2.75, 3.05) is 49.2 Å². The number of hydrogen-bond donors (Lipinski definition) is 0. The quantitative estimate of drug-likeness (QED) is 0.105. The van der Waals surface area contributed by atoms with Crippen LogP contribution in [0.5, 0.6) is 0 Å². The lowest BCUT2D eigenvalue weighted by atomic mass is 9.86. The summed E-state index contributed by atoms with van der Waals surface area (Å²) in [6, 6.07) is -0.908. The smallest absolute Gasteiger partial charge is 0.367 e. The molecule has 366 valence electrons. The Labute approximate surface area is 402 Å². The van der Waals surface area contributed by atoms with Gasteiger partial charge in [-0.05, 0) is 126 Å². The summed E-state index contributed by atoms with van der Waals surface area (Å²) in [7, 11) is 0. The highest BCUT2D eigenvalue weighted by Crippen LogP contribution is 2.39. The Balaban J connectivity index is 1.17. The van der Waals surface area contributed by atoms with Gasteiger partial charge in [0.05, 0.1) is 0 Å². The highest BCUT2D eigenvalue weighted by Gasteiger charge is 2.58. The number of thioether (sulfide) groups is 4. The molecule has 6 aliphatic rings. The number of hydrogen-bond acceptors (Lipinski definition) is 18. The molecule has 0 aromatic carbocycles. The number of carbonyl (C=O) groups excluding carboxylic acids is 10. The van der Waals surface area contributed by atoms with Gasteiger partial charge >= 0.3 is 33.3 Å². The number of nitrogens with zero attached hydrogens (tertiary/aromatic N) is 4. The van der Waals surface area contributed by atoms with Crippen LogP contribution < -0.4 is 0 Å². The minimum Gasteiger partial charge on any atom is -0.451 e. The number of rotatable bonds is 16. The van der Waals surface area contributed by atoms with Crippen molar-refractivity contribution in [1.82, 2.24) is 19.6 Å². The summed E-state index contributed by atoms with van der Waals surface area (Å²) in [6.45, 7) is 7.26. The van der Waals surface area contributed by atoms with Crippen molar-refractivity contribution in [3.63, 3.8) is 0 Å². The molecule has 4 amide bonds. The molecule has 0 radical (unpaired) electrons. The molecule has 18 nitrogen and oxygen atoms in total. The molecule has 4 saturated carbocycles. The first-order valence-corrected chi connectivity index (χ1v) is 26.8. The van der Waals surface area contributed by atoms with E-state index in [1.807, 2.05) is 0 Å². The zero-order valence-corrected chi connectivity index (χ0v) is 41.5. The first-order chi connectivity index (χ1) is 31.2. The van der Waals surface area contributed by atoms with Gasteiger partial charge in [-0.1, -0.05) is 0 Å². The van der Waals surface area contributed by atoms with Gasteiger partial charge in [0.1, 0.15) is 57.9 Å². The van der Waals surface area contributed by atoms with Gasteiger partial charge in [0.2, 0.25) is 0 Å². The Bertz CT molecular complexity index is 1630. The second-order valence-electron chi connectivity index (χ2n) is 18.9. The molecule has 0 aromatic rings. The average molecular weight is 999 g/mol. The zero-order chi connectivity index (χ0) is 47.9. The number of Topliss-reactive ketones (excluding diaryl/α,β-unsaturated/α-hetero) is 4. The van der Waals surface area contributed by atoms with Gasteiger partial charge < -0.3 is 18.9 Å². The van der Waals surface area contributed by atoms with Crippen LogP contribution in [0, 0.1) is 0 Å². The molecule has 2 aliphatic heterocycles. The maximum atomic E-state index is 14.6. The van der Waals surface area contributed by atoms with Crippen LogP contribution in [0.4, 0.5) is 28.8 Å². The molecule has 22 heteroatoms. The third-order valence-corrected chi connectivity index (χ3v) is 16.3. The van der Waals surface area contributed by atoms with Crippen LogP contribution in [0.1, 0.15) is 130 Å². The predicted octanol–water partition coefficient (Wildman–Crippen LogP) is 8.20. The Kier molecular flexibility index (Phi) is 17.5. The van der Waals surface area contributed by atoms with E-state index >= 15 is 0 Å². The second-order valence-corrected chi connectivity index (χ2v) is 23.0. The number of urea groups is 2. The number of ether oxygens (including phenoxy) is 4. The van der Waals surface area contributed by atoms with E-state index in [0.717, 1.165) is 47.0 Å². The highest BCUT2D eigenvalue weighted by atomic mass is 32.2. The molecule has 0 aromatic heterocycles. The molecular weight excluding hydrogens is 937 g/mol. The SMILES string of the molecule is CC1(OC(=O)SCCN2C(=O)N(CCSC(=O)OC3(C)CCC(=O)CC3)C3C2N(CCSC(=O)OC2(C)CCC(=O)CC2)C(=O)N3CCSC(=O)OC2(C)CCC(=O)CC2)CCC(=O)CC1. The molecule has 4 aliphatic carbocycles. The van der Waals surface area contributed by atoms with E-state index in [9.17, 15) is 47.9 Å². The minimum absolute atomic E-state index is 0.0176. The summed E-state index contributed by atoms with van der Waals surface area (Å²) in [4.78, 5) is 135. The molecule has 0 unspecified atom stereocenters. The van der Waals surface area contributed by atoms with Crippen LogP contribution in [-0.4, -0.2) is 160 Å². The van der Waals surface area contributed by atoms with E-state index in [2.05, 4.69) is 0 Å². The van der Waals surface area contributed by atoms with E-state index in [4.69, 9.17) is 18.9 Å². The van der Waals surface area contributed by atoms with Crippen molar-refractivity contribution in [3.8, 4) is 0 Å². The summed E-state index contributed by atoms with van der Waals surface area (Å²) >= 11 is 3.53. The van der Waals surface area contributed by atoms with Crippen LogP contribution in [0.15, 0.2) is 0 Å². The van der Waals surface area contributed by atoms with Gasteiger partial charge in [-0.2, -0.15) is 0 Å². The maximum Gasteiger partial charge on any atom is 0.367 e. The monoisotopic (exact) mass is 998 g/mol. The average Bonchev–Trinajstić information content (AvgIpc) is 3.67. The predicted molar refractivity (Wildman–Crippen MR) is 248 cm³/mol. The van der Waals surface area contributed by atoms with Gasteiger partial charge in [0.25, 0.3) is 0 Å². The van der Waals surface area contributed by atoms with Gasteiger partial charge in [0.15, 0.2) is 0 Å². The minimum atomic E-state index is -0.895. The normalized spacial score (nSPS) is 24.6. The summed E-state index contributed by atoms with van der Waals surface area (Å²) in [5.41, 5.74) is -3.15. The summed E-state index contributed by atoms with van der Waals surface area (Å²) in [6.07, 6.45) is 4.13. The molecule has 6 fully saturated rings. The van der Waals surface area contributed by atoms with Crippen molar-refractivity contribution in [2.45, 2.75) is 165 Å². The van der Waals surface area contributed by atoms with Crippen LogP contribution in [-0.2, 0) is 38.1 Å². The summed E-state index contributed by atoms with van der Waals surface area (Å²) in [5.74, 6) is 0.912. The van der Waals surface area contributed by atoms with Crippen LogP contribution in [0.3, 0.4) is 0 Å². The lowest BCUT2D eigenvalue weighted by Crippen LogP contribution is -2.48. The Morgan fingerprint density at radius 2 is 0.576 bits per heavy atom. The number of amides is 4. The van der Waals surface area contributed by atoms with E-state index in [0.29, 0.717) is 103 Å². The van der Waals surface area contributed by atoms with Gasteiger partial charge in [-0.25, -0.2) is 28.8 Å². The molecule has 0 spiro atoms. The van der Waals surface area contributed by atoms with Crippen molar-refractivity contribution < 1.29 is 66.9 Å². The fourth-order valence-corrected chi connectivity index (χ4v) is 12.0. The van der Waals surface area contributed by atoms with E-state index < -0.39 is 68.0 Å². The lowest BCUT2D eigenvalue weighted by Gasteiger charge is -2.33. The van der Waals surface area contributed by atoms with Crippen molar-refractivity contribution in [1.29, 1.82) is 0 Å². The number of ketones is 4. The molecule has 6 rings (SSSR count). The Morgan fingerprint density at radius 1 is 0.394 bits per heavy atom. The molecule has 0 N–H and O–H groups in total. The van der Waals surface area contributed by atoms with Crippen LogP contribution in [0.2, 0.25) is 0 Å². The number of fused-ring (bicyclic) bond motifs is 1. The largest absolute Gasteiger partial charge is 0.451 e. The lowest BCUT2D eigenvalue weighted by molar-refractivity contribution is -0.125. The zero-order valence-electron chi connectivity index (χ0n) is 38.3. The van der Waals surface area contributed by atoms with E-state index in [1.165, 1.54) is 19.6 Å². The molecule has 0 atom stereocenters. The molecular formula is C44H62N4O14S4. The number of carbonyl (C=O) groups is 10. The van der Waals surface area contributed by atoms with Crippen LogP contribution >= 0.6 is 47.0 Å². The second kappa shape index (κ2) is 22.3. The standard InChI is InChI=1S/C44H62N4O14S4/c1-41(13-5-29(49)6-14-41)59-37(55)63-25-21-45-33-34(47(35(45)53)23-27-65-39(57)61-43(3)17-9-31(51)10-18-43)48(24-28-66-40(58)62-44(4)19-11-32(52)12-20-44)36(54)46(33)22-26-64-38(56)60-42(2)15-7-30(50)8-16-42/h33-34H,5-28H2,1-4H3. The molecule has 0 bridgehead atoms. The van der Waals surface area contributed by atoms with Gasteiger partial charge in [-0.15, -0.1) is 0 Å². The van der Waals surface area contributed by atoms with Gasteiger partial charge in [-0.3, -0.25) is 38.8 Å². The topological polar surface area (TPSA) is 221 Å². The van der Waals surface area contributed by atoms with Crippen LogP contribution in [0.25, 0.3) is 0 Å². The fourth-order valence-electron chi connectivity index (χ4n) is 9.15. The van der Waals surface area contributed by atoms with E-state index in [-0.39, 0.29) is 72.3 Å². The third-order valence-electron chi connectivity index (χ3n) is 13.5. The molecule has 2 heterocycles. The van der Waals surface area contributed by atoms with E-state index in [1.54, 1.807) is 27.7 Å². The summed E-state index contributed by atoms with van der Waals surface area (Å²) < 4.78 is 23.2. The summed E-state index contributed by atoms with van der Waals surface area (Å²) in [5, 5.41) is -2.21. The maximum absolute atomic E-state index is 14.6. The highest BCUT2D eigenvalue weighted by molar-refractivity contribution is 8.14. The van der Waals surface area contributed by atoms with Crippen molar-refractivity contribution in [3.05, 3.63) is 0 Å². The molecule has 66 heavy (non-hydrogen) atoms. The Morgan fingerprint density at radius 3 is 0.758 bits per heavy atom. The fraction of sp³-hybridized carbons (Fsp3) is 0.773. The molecule has 2 saturated heterocycles. The van der Waals surface area contributed by atoms with Crippen molar-refractivity contribution in [2.24, 2.45) is 0 Å².